The molecular formula is C12H8ClNO3. The number of aldehydes is 1. The molecule has 0 saturated carbocycles. The van der Waals surface area contributed by atoms with E-state index in [2.05, 4.69) is 5.32 Å². The minimum atomic E-state index is -0.359. The molecule has 1 heterocycles. The Kier molecular flexibility index (Phi) is 3.25. The fourth-order valence-corrected chi connectivity index (χ4v) is 1.50. The molecule has 0 bridgehead atoms. The third kappa shape index (κ3) is 2.54. The molecular weight excluding hydrogens is 242 g/mol. The molecule has 0 saturated heterocycles. The molecule has 1 aromatic heterocycles. The van der Waals surface area contributed by atoms with Crippen LogP contribution in [0, 0.1) is 0 Å². The number of carbonyl (C=O) groups excluding carboxylic acids is 2. The maximum atomic E-state index is 11.7. The van der Waals surface area contributed by atoms with Crippen LogP contribution in [0.25, 0.3) is 0 Å². The average molecular weight is 250 g/mol. The summed E-state index contributed by atoms with van der Waals surface area (Å²) in [6, 6.07) is 7.97. The average Bonchev–Trinajstić information content (AvgIpc) is 2.76. The monoisotopic (exact) mass is 249 g/mol. The van der Waals surface area contributed by atoms with Gasteiger partial charge in [-0.25, -0.2) is 0 Å². The summed E-state index contributed by atoms with van der Waals surface area (Å²) < 4.78 is 4.82. The normalized spacial score (nSPS) is 9.94. The molecule has 2 rings (SSSR count). The molecule has 0 aliphatic carbocycles. The highest BCUT2D eigenvalue weighted by molar-refractivity contribution is 6.32. The Labute approximate surface area is 102 Å². The van der Waals surface area contributed by atoms with Crippen molar-refractivity contribution in [3.63, 3.8) is 0 Å². The van der Waals surface area contributed by atoms with Gasteiger partial charge in [-0.1, -0.05) is 0 Å². The molecule has 1 amide bonds. The first-order valence-corrected chi connectivity index (χ1v) is 5.18. The van der Waals surface area contributed by atoms with Crippen molar-refractivity contribution in [2.75, 3.05) is 5.32 Å². The molecule has 0 aliphatic heterocycles. The van der Waals surface area contributed by atoms with E-state index in [1.807, 2.05) is 0 Å². The second-order valence-corrected chi connectivity index (χ2v) is 3.65. The third-order valence-corrected chi connectivity index (χ3v) is 2.46. The molecule has 86 valence electrons. The number of benzene rings is 1. The molecule has 0 atom stereocenters. The number of amides is 1. The molecule has 0 spiro atoms. The fourth-order valence-electron chi connectivity index (χ4n) is 1.30. The molecule has 17 heavy (non-hydrogen) atoms. The van der Waals surface area contributed by atoms with Crippen LogP contribution in [0.2, 0.25) is 5.22 Å². The molecule has 1 N–H and O–H groups in total. The minimum absolute atomic E-state index is 0.0482. The van der Waals surface area contributed by atoms with Crippen LogP contribution in [0.1, 0.15) is 20.7 Å². The van der Waals surface area contributed by atoms with Crippen molar-refractivity contribution in [3.05, 3.63) is 52.9 Å². The minimum Gasteiger partial charge on any atom is -0.452 e. The number of hydrogen-bond acceptors (Lipinski definition) is 3. The Morgan fingerprint density at radius 2 is 1.94 bits per heavy atom. The maximum Gasteiger partial charge on any atom is 0.260 e. The van der Waals surface area contributed by atoms with Gasteiger partial charge in [0.1, 0.15) is 6.29 Å². The Bertz CT molecular complexity index is 545. The lowest BCUT2D eigenvalue weighted by Crippen LogP contribution is -2.11. The highest BCUT2D eigenvalue weighted by Gasteiger charge is 2.12. The highest BCUT2D eigenvalue weighted by atomic mass is 35.5. The molecule has 2 aromatic rings. The first-order valence-electron chi connectivity index (χ1n) is 4.80. The third-order valence-electron chi connectivity index (χ3n) is 2.17. The van der Waals surface area contributed by atoms with E-state index in [-0.39, 0.29) is 16.7 Å². The predicted octanol–water partition coefficient (Wildman–Crippen LogP) is 3.00. The summed E-state index contributed by atoms with van der Waals surface area (Å²) in [5, 5.41) is 2.69. The first-order chi connectivity index (χ1) is 8.20. The topological polar surface area (TPSA) is 59.3 Å². The van der Waals surface area contributed by atoms with Crippen LogP contribution in [0.4, 0.5) is 5.69 Å². The van der Waals surface area contributed by atoms with E-state index in [9.17, 15) is 9.59 Å². The van der Waals surface area contributed by atoms with Gasteiger partial charge >= 0.3 is 0 Å². The van der Waals surface area contributed by atoms with E-state index in [1.54, 1.807) is 24.3 Å². The van der Waals surface area contributed by atoms with Crippen LogP contribution in [0.3, 0.4) is 0 Å². The van der Waals surface area contributed by atoms with Crippen LogP contribution in [0.15, 0.2) is 41.0 Å². The van der Waals surface area contributed by atoms with Gasteiger partial charge in [0.25, 0.3) is 5.91 Å². The van der Waals surface area contributed by atoms with E-state index in [1.165, 1.54) is 12.3 Å². The molecule has 1 aromatic carbocycles. The second-order valence-electron chi connectivity index (χ2n) is 3.30. The number of rotatable bonds is 3. The number of anilines is 1. The summed E-state index contributed by atoms with van der Waals surface area (Å²) in [5.74, 6) is -0.359. The van der Waals surface area contributed by atoms with Crippen molar-refractivity contribution in [1.82, 2.24) is 0 Å². The molecule has 4 nitrogen and oxygen atoms in total. The Balaban J connectivity index is 2.13. The van der Waals surface area contributed by atoms with Crippen LogP contribution in [-0.4, -0.2) is 12.2 Å². The van der Waals surface area contributed by atoms with Crippen molar-refractivity contribution >= 4 is 29.5 Å². The second kappa shape index (κ2) is 4.84. The fraction of sp³-hybridized carbons (Fsp3) is 0. The smallest absolute Gasteiger partial charge is 0.260 e. The number of halogens is 1. The summed E-state index contributed by atoms with van der Waals surface area (Å²) in [6.45, 7) is 0. The predicted molar refractivity (Wildman–Crippen MR) is 63.5 cm³/mol. The Hall–Kier alpha value is -2.07. The quantitative estimate of drug-likeness (QED) is 0.851. The van der Waals surface area contributed by atoms with Gasteiger partial charge in [0, 0.05) is 11.3 Å². The maximum absolute atomic E-state index is 11.7. The van der Waals surface area contributed by atoms with Gasteiger partial charge in [0.2, 0.25) is 5.22 Å². The SMILES string of the molecule is O=Cc1ccc(NC(=O)c2ccoc2Cl)cc1. The van der Waals surface area contributed by atoms with Crippen LogP contribution >= 0.6 is 11.6 Å². The van der Waals surface area contributed by atoms with Gasteiger partial charge in [-0.15, -0.1) is 0 Å². The summed E-state index contributed by atoms with van der Waals surface area (Å²) >= 11 is 5.67. The van der Waals surface area contributed by atoms with E-state index in [4.69, 9.17) is 16.0 Å². The van der Waals surface area contributed by atoms with Gasteiger partial charge in [0.15, 0.2) is 0 Å². The van der Waals surface area contributed by atoms with Gasteiger partial charge < -0.3 is 9.73 Å². The van der Waals surface area contributed by atoms with Crippen molar-refractivity contribution in [3.8, 4) is 0 Å². The van der Waals surface area contributed by atoms with Crippen LogP contribution in [-0.2, 0) is 0 Å². The summed E-state index contributed by atoms with van der Waals surface area (Å²) in [7, 11) is 0. The first kappa shape index (κ1) is 11.4. The number of nitrogens with one attached hydrogen (secondary N) is 1. The zero-order chi connectivity index (χ0) is 12.3. The van der Waals surface area contributed by atoms with Gasteiger partial charge in [-0.2, -0.15) is 0 Å². The molecule has 0 unspecified atom stereocenters. The largest absolute Gasteiger partial charge is 0.452 e. The lowest BCUT2D eigenvalue weighted by atomic mass is 10.2. The summed E-state index contributed by atoms with van der Waals surface area (Å²) in [4.78, 5) is 22.2. The van der Waals surface area contributed by atoms with E-state index in [0.29, 0.717) is 11.3 Å². The van der Waals surface area contributed by atoms with Crippen molar-refractivity contribution in [2.45, 2.75) is 0 Å². The highest BCUT2D eigenvalue weighted by Crippen LogP contribution is 2.18. The molecule has 5 heteroatoms. The van der Waals surface area contributed by atoms with Gasteiger partial charge in [0.05, 0.1) is 11.8 Å². The lowest BCUT2D eigenvalue weighted by molar-refractivity contribution is 0.102. The lowest BCUT2D eigenvalue weighted by Gasteiger charge is -2.03. The zero-order valence-corrected chi connectivity index (χ0v) is 9.40. The summed E-state index contributed by atoms with van der Waals surface area (Å²) in [6.07, 6.45) is 2.07. The molecule has 0 radical (unpaired) electrons. The molecule has 0 aliphatic rings. The van der Waals surface area contributed by atoms with Crippen LogP contribution in [0.5, 0.6) is 0 Å². The van der Waals surface area contributed by atoms with E-state index >= 15 is 0 Å². The Morgan fingerprint density at radius 3 is 2.47 bits per heavy atom. The van der Waals surface area contributed by atoms with Gasteiger partial charge in [-0.3, -0.25) is 9.59 Å². The number of hydrogen-bond donors (Lipinski definition) is 1. The van der Waals surface area contributed by atoms with Crippen molar-refractivity contribution in [2.24, 2.45) is 0 Å². The zero-order valence-electron chi connectivity index (χ0n) is 8.64. The van der Waals surface area contributed by atoms with Crippen molar-refractivity contribution in [1.29, 1.82) is 0 Å². The Morgan fingerprint density at radius 1 is 1.24 bits per heavy atom. The van der Waals surface area contributed by atoms with E-state index in [0.717, 1.165) is 6.29 Å². The number of furan rings is 1. The summed E-state index contributed by atoms with van der Waals surface area (Å²) in [5.41, 5.74) is 1.40. The standard InChI is InChI=1S/C12H8ClNO3/c13-11-10(5-6-17-11)12(16)14-9-3-1-8(7-15)2-4-9/h1-7H,(H,14,16). The number of carbonyl (C=O) groups is 2. The molecule has 0 fully saturated rings. The van der Waals surface area contributed by atoms with Crippen LogP contribution < -0.4 is 5.32 Å². The van der Waals surface area contributed by atoms with Gasteiger partial charge in [-0.05, 0) is 41.9 Å². The van der Waals surface area contributed by atoms with E-state index < -0.39 is 0 Å². The van der Waals surface area contributed by atoms with Crippen molar-refractivity contribution < 1.29 is 14.0 Å².